The molecule has 1 aromatic rings. The zero-order chi connectivity index (χ0) is 18.9. The summed E-state index contributed by atoms with van der Waals surface area (Å²) in [4.78, 5) is 23.0. The van der Waals surface area contributed by atoms with Gasteiger partial charge in [0.25, 0.3) is 0 Å². The van der Waals surface area contributed by atoms with Crippen LogP contribution < -0.4 is 10.1 Å². The van der Waals surface area contributed by atoms with Gasteiger partial charge in [0.05, 0.1) is 12.4 Å². The Bertz CT molecular complexity index is 669. The van der Waals surface area contributed by atoms with Gasteiger partial charge in [0.15, 0.2) is 0 Å². The standard InChI is InChI=1S/C17H25NO6S/c1-3-25(22,23)12-10-15(17(20)21)18-16(19)5-4-11-24-14-8-6-13(2)7-9-14/h6-9,15H,3-5,10-12H2,1-2H3,(H,18,19)(H,20,21). The van der Waals surface area contributed by atoms with Crippen LogP contribution in [-0.2, 0) is 19.4 Å². The molecule has 8 heteroatoms. The van der Waals surface area contributed by atoms with E-state index in [1.807, 2.05) is 31.2 Å². The van der Waals surface area contributed by atoms with Gasteiger partial charge in [0, 0.05) is 12.2 Å². The molecule has 0 aliphatic heterocycles. The van der Waals surface area contributed by atoms with Crippen molar-refractivity contribution in [2.45, 2.75) is 39.2 Å². The Labute approximate surface area is 148 Å². The third-order valence-corrected chi connectivity index (χ3v) is 5.37. The molecule has 0 heterocycles. The van der Waals surface area contributed by atoms with E-state index in [2.05, 4.69) is 5.32 Å². The summed E-state index contributed by atoms with van der Waals surface area (Å²) in [6.07, 6.45) is 0.395. The van der Waals surface area contributed by atoms with Gasteiger partial charge in [-0.05, 0) is 31.9 Å². The highest BCUT2D eigenvalue weighted by molar-refractivity contribution is 7.91. The van der Waals surface area contributed by atoms with Gasteiger partial charge < -0.3 is 15.2 Å². The second-order valence-corrected chi connectivity index (χ2v) is 8.22. The monoisotopic (exact) mass is 371 g/mol. The molecule has 0 aromatic heterocycles. The number of hydrogen-bond donors (Lipinski definition) is 2. The first-order valence-electron chi connectivity index (χ1n) is 8.15. The zero-order valence-electron chi connectivity index (χ0n) is 14.5. The van der Waals surface area contributed by atoms with Crippen LogP contribution in [0.15, 0.2) is 24.3 Å². The molecule has 140 valence electrons. The van der Waals surface area contributed by atoms with Gasteiger partial charge >= 0.3 is 5.97 Å². The lowest BCUT2D eigenvalue weighted by molar-refractivity contribution is -0.141. The minimum Gasteiger partial charge on any atom is -0.494 e. The van der Waals surface area contributed by atoms with Gasteiger partial charge in [-0.25, -0.2) is 13.2 Å². The van der Waals surface area contributed by atoms with Gasteiger partial charge in [-0.3, -0.25) is 4.79 Å². The number of carboxylic acid groups (broad SMARTS) is 1. The molecule has 1 unspecified atom stereocenters. The van der Waals surface area contributed by atoms with Crippen molar-refractivity contribution in [1.29, 1.82) is 0 Å². The molecule has 1 atom stereocenters. The molecular weight excluding hydrogens is 346 g/mol. The predicted molar refractivity (Wildman–Crippen MR) is 94.4 cm³/mol. The van der Waals surface area contributed by atoms with E-state index in [4.69, 9.17) is 9.84 Å². The number of benzene rings is 1. The fraction of sp³-hybridized carbons (Fsp3) is 0.529. The van der Waals surface area contributed by atoms with E-state index in [1.54, 1.807) is 0 Å². The maximum absolute atomic E-state index is 11.8. The largest absolute Gasteiger partial charge is 0.494 e. The van der Waals surface area contributed by atoms with Gasteiger partial charge in [-0.2, -0.15) is 0 Å². The molecule has 0 aliphatic rings. The maximum Gasteiger partial charge on any atom is 0.326 e. The second kappa shape index (κ2) is 10.0. The van der Waals surface area contributed by atoms with Crippen molar-refractivity contribution in [3.05, 3.63) is 29.8 Å². The van der Waals surface area contributed by atoms with Crippen LogP contribution in [0.1, 0.15) is 31.7 Å². The molecule has 1 rings (SSSR count). The third kappa shape index (κ3) is 8.53. The number of amides is 1. The molecule has 1 amide bonds. The molecule has 25 heavy (non-hydrogen) atoms. The number of carbonyl (C=O) groups excluding carboxylic acids is 1. The van der Waals surface area contributed by atoms with E-state index in [0.29, 0.717) is 18.8 Å². The number of rotatable bonds is 11. The van der Waals surface area contributed by atoms with Crippen LogP contribution in [0.3, 0.4) is 0 Å². The van der Waals surface area contributed by atoms with Crippen LogP contribution in [0.4, 0.5) is 0 Å². The third-order valence-electron chi connectivity index (χ3n) is 3.63. The van der Waals surface area contributed by atoms with Crippen molar-refractivity contribution in [3.8, 4) is 5.75 Å². The summed E-state index contributed by atoms with van der Waals surface area (Å²) in [5, 5.41) is 11.5. The number of carboxylic acids is 1. The molecular formula is C17H25NO6S. The summed E-state index contributed by atoms with van der Waals surface area (Å²) >= 11 is 0. The summed E-state index contributed by atoms with van der Waals surface area (Å²) in [5.74, 6) is -1.29. The molecule has 0 fully saturated rings. The van der Waals surface area contributed by atoms with Crippen molar-refractivity contribution in [1.82, 2.24) is 5.32 Å². The average molecular weight is 371 g/mol. The zero-order valence-corrected chi connectivity index (χ0v) is 15.3. The molecule has 0 spiro atoms. The summed E-state index contributed by atoms with van der Waals surface area (Å²) in [6.45, 7) is 3.80. The Hall–Kier alpha value is -2.09. The van der Waals surface area contributed by atoms with E-state index < -0.39 is 27.8 Å². The smallest absolute Gasteiger partial charge is 0.326 e. The van der Waals surface area contributed by atoms with Crippen LogP contribution in [0.25, 0.3) is 0 Å². The fourth-order valence-electron chi connectivity index (χ4n) is 2.02. The molecule has 7 nitrogen and oxygen atoms in total. The summed E-state index contributed by atoms with van der Waals surface area (Å²) in [5.41, 5.74) is 1.12. The Balaban J connectivity index is 2.34. The Morgan fingerprint density at radius 1 is 1.24 bits per heavy atom. The number of carbonyl (C=O) groups is 2. The number of ether oxygens (including phenoxy) is 1. The van der Waals surface area contributed by atoms with Gasteiger partial charge in [0.2, 0.25) is 5.91 Å². The van der Waals surface area contributed by atoms with Gasteiger partial charge in [0.1, 0.15) is 21.6 Å². The van der Waals surface area contributed by atoms with E-state index in [0.717, 1.165) is 5.56 Å². The van der Waals surface area contributed by atoms with Crippen LogP contribution in [0.5, 0.6) is 5.75 Å². The lowest BCUT2D eigenvalue weighted by Crippen LogP contribution is -2.42. The van der Waals surface area contributed by atoms with Gasteiger partial charge in [-0.1, -0.05) is 24.6 Å². The number of aryl methyl sites for hydroxylation is 1. The highest BCUT2D eigenvalue weighted by Crippen LogP contribution is 2.11. The van der Waals surface area contributed by atoms with E-state index >= 15 is 0 Å². The van der Waals surface area contributed by atoms with Crippen molar-refractivity contribution in [3.63, 3.8) is 0 Å². The highest BCUT2D eigenvalue weighted by Gasteiger charge is 2.22. The Morgan fingerprint density at radius 3 is 2.44 bits per heavy atom. The van der Waals surface area contributed by atoms with Crippen molar-refractivity contribution < 1.29 is 27.9 Å². The number of sulfone groups is 1. The summed E-state index contributed by atoms with van der Waals surface area (Å²) < 4.78 is 28.4. The van der Waals surface area contributed by atoms with Crippen LogP contribution in [-0.4, -0.2) is 49.6 Å². The molecule has 0 bridgehead atoms. The van der Waals surface area contributed by atoms with Crippen LogP contribution in [0, 0.1) is 6.92 Å². The topological polar surface area (TPSA) is 110 Å². The summed E-state index contributed by atoms with van der Waals surface area (Å²) in [7, 11) is -3.27. The first-order valence-corrected chi connectivity index (χ1v) is 9.97. The predicted octanol–water partition coefficient (Wildman–Crippen LogP) is 1.55. The summed E-state index contributed by atoms with van der Waals surface area (Å²) in [6, 6.07) is 6.31. The molecule has 1 aromatic carbocycles. The fourth-order valence-corrected chi connectivity index (χ4v) is 2.91. The molecule has 0 saturated carbocycles. The second-order valence-electron chi connectivity index (χ2n) is 5.75. The Kier molecular flexibility index (Phi) is 8.40. The Morgan fingerprint density at radius 2 is 1.88 bits per heavy atom. The SMILES string of the molecule is CCS(=O)(=O)CCC(NC(=O)CCCOc1ccc(C)cc1)C(=O)O. The number of aliphatic carboxylic acids is 1. The van der Waals surface area contributed by atoms with E-state index in [9.17, 15) is 18.0 Å². The maximum atomic E-state index is 11.8. The lowest BCUT2D eigenvalue weighted by atomic mass is 10.2. The van der Waals surface area contributed by atoms with E-state index in [-0.39, 0.29) is 24.3 Å². The lowest BCUT2D eigenvalue weighted by Gasteiger charge is -2.14. The minimum absolute atomic E-state index is 0.0519. The highest BCUT2D eigenvalue weighted by atomic mass is 32.2. The number of hydrogen-bond acceptors (Lipinski definition) is 5. The molecule has 2 N–H and O–H groups in total. The van der Waals surface area contributed by atoms with Crippen molar-refractivity contribution in [2.24, 2.45) is 0 Å². The van der Waals surface area contributed by atoms with Crippen LogP contribution in [0.2, 0.25) is 0 Å². The van der Waals surface area contributed by atoms with Crippen molar-refractivity contribution >= 4 is 21.7 Å². The first-order chi connectivity index (χ1) is 11.7. The van der Waals surface area contributed by atoms with Crippen molar-refractivity contribution in [2.75, 3.05) is 18.1 Å². The average Bonchev–Trinajstić information content (AvgIpc) is 2.56. The normalized spacial score (nSPS) is 12.4. The molecule has 0 saturated heterocycles. The minimum atomic E-state index is -3.27. The van der Waals surface area contributed by atoms with Crippen LogP contribution >= 0.6 is 0 Å². The van der Waals surface area contributed by atoms with Gasteiger partial charge in [-0.15, -0.1) is 0 Å². The molecule has 0 radical (unpaired) electrons. The molecule has 0 aliphatic carbocycles. The number of nitrogens with one attached hydrogen (secondary N) is 1. The first kappa shape index (κ1) is 21.0. The van der Waals surface area contributed by atoms with E-state index in [1.165, 1.54) is 6.92 Å². The quantitative estimate of drug-likeness (QED) is 0.571.